The molecule has 1 saturated carbocycles. The lowest BCUT2D eigenvalue weighted by Gasteiger charge is -2.37. The van der Waals surface area contributed by atoms with Crippen LogP contribution in [0.1, 0.15) is 62.6 Å². The fourth-order valence-corrected chi connectivity index (χ4v) is 4.69. The maximum Gasteiger partial charge on any atom is 0.216 e. The molecule has 0 saturated heterocycles. The van der Waals surface area contributed by atoms with Crippen molar-refractivity contribution < 1.29 is 24.1 Å². The Morgan fingerprint density at radius 1 is 0.906 bits per heavy atom. The molecule has 0 spiro atoms. The summed E-state index contributed by atoms with van der Waals surface area (Å²) in [6, 6.07) is 5.96. The second-order valence-corrected chi connectivity index (χ2v) is 8.03. The van der Waals surface area contributed by atoms with Crippen molar-refractivity contribution in [2.24, 2.45) is 4.99 Å². The van der Waals surface area contributed by atoms with E-state index in [1.54, 1.807) is 13.3 Å². The molecule has 32 heavy (non-hydrogen) atoms. The van der Waals surface area contributed by atoms with E-state index in [-0.39, 0.29) is 18.1 Å². The van der Waals surface area contributed by atoms with Crippen LogP contribution in [0, 0.1) is 0 Å². The zero-order chi connectivity index (χ0) is 22.7. The number of aliphatic hydroxyl groups is 1. The molecule has 3 atom stereocenters. The SMILES string of the molecule is CCOc1cc(OCC)c(C2=N[C@@H]3CC[C@@H](O)C[C@@H]3c3cc(OCC)c(OC)cc32)cn1. The molecule has 1 N–H and O–H groups in total. The van der Waals surface area contributed by atoms with Crippen molar-refractivity contribution in [3.63, 3.8) is 0 Å². The van der Waals surface area contributed by atoms with E-state index in [1.165, 1.54) is 0 Å². The molecule has 7 nitrogen and oxygen atoms in total. The first-order valence-electron chi connectivity index (χ1n) is 11.5. The van der Waals surface area contributed by atoms with Crippen LogP contribution in [0.2, 0.25) is 0 Å². The summed E-state index contributed by atoms with van der Waals surface area (Å²) in [5, 5.41) is 10.4. The minimum absolute atomic E-state index is 0.0878. The first-order chi connectivity index (χ1) is 15.6. The Hall–Kier alpha value is -2.80. The van der Waals surface area contributed by atoms with Gasteiger partial charge in [0.15, 0.2) is 11.5 Å². The molecular weight excluding hydrogens is 408 g/mol. The third-order valence-corrected chi connectivity index (χ3v) is 6.06. The first-order valence-corrected chi connectivity index (χ1v) is 11.5. The largest absolute Gasteiger partial charge is 0.493 e. The number of pyridine rings is 1. The topological polar surface area (TPSA) is 82.4 Å². The van der Waals surface area contributed by atoms with Crippen LogP contribution in [0.5, 0.6) is 23.1 Å². The second kappa shape index (κ2) is 9.77. The van der Waals surface area contributed by atoms with E-state index in [4.69, 9.17) is 23.9 Å². The summed E-state index contributed by atoms with van der Waals surface area (Å²) in [6.45, 7) is 7.44. The average Bonchev–Trinajstić information content (AvgIpc) is 2.79. The summed E-state index contributed by atoms with van der Waals surface area (Å²) >= 11 is 0. The van der Waals surface area contributed by atoms with Gasteiger partial charge in [0.05, 0.1) is 50.4 Å². The molecule has 1 aromatic carbocycles. The van der Waals surface area contributed by atoms with Gasteiger partial charge >= 0.3 is 0 Å². The molecule has 7 heteroatoms. The van der Waals surface area contributed by atoms with E-state index in [2.05, 4.69) is 11.1 Å². The van der Waals surface area contributed by atoms with Gasteiger partial charge in [-0.15, -0.1) is 0 Å². The minimum Gasteiger partial charge on any atom is -0.493 e. The summed E-state index contributed by atoms with van der Waals surface area (Å²) in [6.07, 6.45) is 3.73. The number of hydrogen-bond acceptors (Lipinski definition) is 7. The highest BCUT2D eigenvalue weighted by molar-refractivity contribution is 6.16. The molecule has 2 heterocycles. The van der Waals surface area contributed by atoms with Crippen molar-refractivity contribution in [1.82, 2.24) is 4.98 Å². The van der Waals surface area contributed by atoms with Gasteiger partial charge in [-0.1, -0.05) is 0 Å². The lowest BCUT2D eigenvalue weighted by molar-refractivity contribution is 0.111. The van der Waals surface area contributed by atoms with Gasteiger partial charge in [0.2, 0.25) is 5.88 Å². The van der Waals surface area contributed by atoms with Crippen molar-refractivity contribution in [3.05, 3.63) is 41.1 Å². The number of aliphatic hydroxyl groups excluding tert-OH is 1. The van der Waals surface area contributed by atoms with Crippen LogP contribution in [0.15, 0.2) is 29.4 Å². The van der Waals surface area contributed by atoms with E-state index >= 15 is 0 Å². The molecule has 1 aliphatic carbocycles. The number of nitrogens with zero attached hydrogens (tertiary/aromatic N) is 2. The third kappa shape index (κ3) is 4.26. The van der Waals surface area contributed by atoms with Gasteiger partial charge in [-0.2, -0.15) is 0 Å². The van der Waals surface area contributed by atoms with E-state index < -0.39 is 0 Å². The minimum atomic E-state index is -0.315. The number of rotatable bonds is 8. The molecule has 2 aliphatic rings. The van der Waals surface area contributed by atoms with Gasteiger partial charge in [-0.25, -0.2) is 4.98 Å². The molecule has 172 valence electrons. The van der Waals surface area contributed by atoms with Gasteiger partial charge in [0.1, 0.15) is 5.75 Å². The van der Waals surface area contributed by atoms with Crippen LogP contribution < -0.4 is 18.9 Å². The number of methoxy groups -OCH3 is 1. The zero-order valence-electron chi connectivity index (χ0n) is 19.3. The molecule has 1 aliphatic heterocycles. The number of fused-ring (bicyclic) bond motifs is 3. The van der Waals surface area contributed by atoms with E-state index in [0.29, 0.717) is 49.4 Å². The summed E-state index contributed by atoms with van der Waals surface area (Å²) in [5.41, 5.74) is 3.75. The van der Waals surface area contributed by atoms with Crippen molar-refractivity contribution in [3.8, 4) is 23.1 Å². The van der Waals surface area contributed by atoms with Crippen molar-refractivity contribution in [2.75, 3.05) is 26.9 Å². The standard InChI is InChI=1S/C25H32N2O5/c1-5-30-21-13-24(32-7-3)26-14-19(21)25-18-12-22(29-4)23(31-6-2)11-16(18)17-10-15(28)8-9-20(17)27-25/h11-15,17,20,28H,5-10H2,1-4H3/t15-,17-,20-/m1/s1. The Balaban J connectivity index is 1.88. The number of hydrogen-bond donors (Lipinski definition) is 1. The fourth-order valence-electron chi connectivity index (χ4n) is 4.69. The molecule has 1 fully saturated rings. The van der Waals surface area contributed by atoms with Crippen LogP contribution >= 0.6 is 0 Å². The first kappa shape index (κ1) is 22.4. The molecule has 2 aromatic rings. The van der Waals surface area contributed by atoms with Gasteiger partial charge in [0.25, 0.3) is 0 Å². The number of aliphatic imine (C=N–C) groups is 1. The molecule has 0 radical (unpaired) electrons. The zero-order valence-corrected chi connectivity index (χ0v) is 19.3. The van der Waals surface area contributed by atoms with Gasteiger partial charge in [-0.3, -0.25) is 4.99 Å². The summed E-state index contributed by atoms with van der Waals surface area (Å²) in [5.74, 6) is 2.72. The summed E-state index contributed by atoms with van der Waals surface area (Å²) in [4.78, 5) is 9.65. The van der Waals surface area contributed by atoms with Gasteiger partial charge in [0, 0.05) is 23.7 Å². The Kier molecular flexibility index (Phi) is 6.84. The lowest BCUT2D eigenvalue weighted by Crippen LogP contribution is -2.34. The van der Waals surface area contributed by atoms with E-state index in [9.17, 15) is 5.11 Å². The predicted molar refractivity (Wildman–Crippen MR) is 123 cm³/mol. The maximum atomic E-state index is 10.4. The Morgan fingerprint density at radius 2 is 1.66 bits per heavy atom. The predicted octanol–water partition coefficient (Wildman–Crippen LogP) is 4.13. The number of aromatic nitrogens is 1. The van der Waals surface area contributed by atoms with Crippen molar-refractivity contribution >= 4 is 5.71 Å². The summed E-state index contributed by atoms with van der Waals surface area (Å²) in [7, 11) is 1.64. The lowest BCUT2D eigenvalue weighted by atomic mass is 9.74. The Bertz CT molecular complexity index is 991. The molecule has 4 rings (SSSR count). The van der Waals surface area contributed by atoms with Gasteiger partial charge < -0.3 is 24.1 Å². The molecule has 0 bridgehead atoms. The normalized spacial score (nSPS) is 21.8. The third-order valence-electron chi connectivity index (χ3n) is 6.06. The quantitative estimate of drug-likeness (QED) is 0.665. The van der Waals surface area contributed by atoms with E-state index in [0.717, 1.165) is 35.2 Å². The van der Waals surface area contributed by atoms with Crippen LogP contribution in [0.25, 0.3) is 0 Å². The highest BCUT2D eigenvalue weighted by Crippen LogP contribution is 2.45. The van der Waals surface area contributed by atoms with E-state index in [1.807, 2.05) is 32.9 Å². The summed E-state index contributed by atoms with van der Waals surface area (Å²) < 4.78 is 23.1. The molecular formula is C25H32N2O5. The monoisotopic (exact) mass is 440 g/mol. The van der Waals surface area contributed by atoms with Crippen molar-refractivity contribution in [1.29, 1.82) is 0 Å². The smallest absolute Gasteiger partial charge is 0.216 e. The highest BCUT2D eigenvalue weighted by atomic mass is 16.5. The van der Waals surface area contributed by atoms with Crippen LogP contribution in [-0.2, 0) is 0 Å². The van der Waals surface area contributed by atoms with Crippen LogP contribution in [0.4, 0.5) is 0 Å². The Morgan fingerprint density at radius 3 is 2.38 bits per heavy atom. The van der Waals surface area contributed by atoms with Crippen LogP contribution in [-0.4, -0.2) is 54.9 Å². The Labute approximate surface area is 189 Å². The van der Waals surface area contributed by atoms with Crippen LogP contribution in [0.3, 0.4) is 0 Å². The molecule has 0 amide bonds. The fraction of sp³-hybridized carbons (Fsp3) is 0.520. The maximum absolute atomic E-state index is 10.4. The van der Waals surface area contributed by atoms with Crippen molar-refractivity contribution in [2.45, 2.75) is 58.1 Å². The molecule has 1 aromatic heterocycles. The number of ether oxygens (including phenoxy) is 4. The average molecular weight is 441 g/mol. The second-order valence-electron chi connectivity index (χ2n) is 8.03. The van der Waals surface area contributed by atoms with Gasteiger partial charge in [-0.05, 0) is 57.7 Å². The highest BCUT2D eigenvalue weighted by Gasteiger charge is 2.38. The number of benzene rings is 1. The molecule has 0 unspecified atom stereocenters.